The highest BCUT2D eigenvalue weighted by atomic mass is 32.1. The fourth-order valence-electron chi connectivity index (χ4n) is 1.01. The Labute approximate surface area is 91.5 Å². The lowest BCUT2D eigenvalue weighted by Gasteiger charge is -2.11. The zero-order chi connectivity index (χ0) is 11.4. The van der Waals surface area contributed by atoms with Crippen LogP contribution in [-0.4, -0.2) is 35.4 Å². The monoisotopic (exact) mass is 230 g/mol. The summed E-state index contributed by atoms with van der Waals surface area (Å²) in [7, 11) is 0. The molecule has 0 unspecified atom stereocenters. The fraction of sp³-hybridized carbons (Fsp3) is 0.444. The van der Waals surface area contributed by atoms with Crippen molar-refractivity contribution in [1.82, 2.24) is 5.32 Å². The van der Waals surface area contributed by atoms with Gasteiger partial charge in [0.1, 0.15) is 0 Å². The van der Waals surface area contributed by atoms with Crippen LogP contribution in [0.4, 0.5) is 5.69 Å². The number of carbonyl (C=O) groups excluding carboxylic acids is 1. The van der Waals surface area contributed by atoms with E-state index in [1.54, 1.807) is 6.07 Å². The van der Waals surface area contributed by atoms with Gasteiger partial charge in [-0.1, -0.05) is 0 Å². The van der Waals surface area contributed by atoms with Crippen LogP contribution in [0.15, 0.2) is 6.07 Å². The summed E-state index contributed by atoms with van der Waals surface area (Å²) in [6, 6.07) is 0.961. The number of hydrogen-bond acceptors (Lipinski definition) is 5. The molecule has 5 N–H and O–H groups in total. The van der Waals surface area contributed by atoms with Gasteiger partial charge < -0.3 is 21.3 Å². The van der Waals surface area contributed by atoms with Crippen molar-refractivity contribution in [2.75, 3.05) is 18.9 Å². The maximum atomic E-state index is 11.6. The first-order valence-corrected chi connectivity index (χ1v) is 5.28. The lowest BCUT2D eigenvalue weighted by molar-refractivity contribution is 0.0883. The van der Waals surface area contributed by atoms with E-state index in [-0.39, 0.29) is 19.1 Å². The highest BCUT2D eigenvalue weighted by molar-refractivity contribution is 7.14. The smallest absolute Gasteiger partial charge is 0.261 e. The van der Waals surface area contributed by atoms with Crippen LogP contribution >= 0.6 is 11.3 Å². The van der Waals surface area contributed by atoms with Crippen LogP contribution in [0.2, 0.25) is 0 Å². The van der Waals surface area contributed by atoms with Crippen molar-refractivity contribution >= 4 is 22.9 Å². The largest absolute Gasteiger partial charge is 0.398 e. The van der Waals surface area contributed by atoms with E-state index in [1.165, 1.54) is 11.3 Å². The summed E-state index contributed by atoms with van der Waals surface area (Å²) in [5, 5.41) is 20.1. The number of nitrogens with two attached hydrogens (primary N) is 1. The highest BCUT2D eigenvalue weighted by Gasteiger charge is 2.14. The molecule has 0 fully saturated rings. The quantitative estimate of drug-likeness (QED) is 0.572. The van der Waals surface area contributed by atoms with Crippen molar-refractivity contribution in [2.45, 2.75) is 13.0 Å². The van der Waals surface area contributed by atoms with E-state index < -0.39 is 6.04 Å². The molecule has 0 aromatic carbocycles. The summed E-state index contributed by atoms with van der Waals surface area (Å²) in [6.07, 6.45) is 0. The number of carbonyl (C=O) groups is 1. The number of hydrogen-bond donors (Lipinski definition) is 4. The van der Waals surface area contributed by atoms with Gasteiger partial charge in [-0.15, -0.1) is 11.3 Å². The van der Waals surface area contributed by atoms with Crippen LogP contribution < -0.4 is 11.1 Å². The van der Waals surface area contributed by atoms with Gasteiger partial charge in [-0.25, -0.2) is 0 Å². The SMILES string of the molecule is Cc1sc(C(=O)NC(CO)CO)cc1N. The van der Waals surface area contributed by atoms with Gasteiger partial charge in [-0.2, -0.15) is 0 Å². The number of aliphatic hydroxyl groups is 2. The Morgan fingerprint density at radius 1 is 1.60 bits per heavy atom. The molecule has 0 aliphatic heterocycles. The second kappa shape index (κ2) is 5.11. The van der Waals surface area contributed by atoms with Crippen molar-refractivity contribution in [1.29, 1.82) is 0 Å². The summed E-state index contributed by atoms with van der Waals surface area (Å²) in [6.45, 7) is 1.25. The van der Waals surface area contributed by atoms with Gasteiger partial charge in [0.15, 0.2) is 0 Å². The standard InChI is InChI=1S/C9H14N2O3S/c1-5-7(10)2-8(15-5)9(14)11-6(3-12)4-13/h2,6,12-13H,3-4,10H2,1H3,(H,11,14). The van der Waals surface area contributed by atoms with Crippen LogP contribution in [0.5, 0.6) is 0 Å². The van der Waals surface area contributed by atoms with Crippen molar-refractivity contribution in [2.24, 2.45) is 0 Å². The number of aliphatic hydroxyl groups excluding tert-OH is 2. The average molecular weight is 230 g/mol. The van der Waals surface area contributed by atoms with E-state index in [0.29, 0.717) is 10.6 Å². The van der Waals surface area contributed by atoms with Crippen LogP contribution in [0.25, 0.3) is 0 Å². The minimum absolute atomic E-state index is 0.290. The first kappa shape index (κ1) is 12.0. The molecular formula is C9H14N2O3S. The van der Waals surface area contributed by atoms with Crippen molar-refractivity contribution in [3.63, 3.8) is 0 Å². The number of aryl methyl sites for hydroxylation is 1. The number of nitrogen functional groups attached to an aromatic ring is 1. The Kier molecular flexibility index (Phi) is 4.07. The van der Waals surface area contributed by atoms with E-state index in [2.05, 4.69) is 5.32 Å². The Bertz CT molecular complexity index is 328. The first-order chi connectivity index (χ1) is 7.08. The molecule has 6 heteroatoms. The first-order valence-electron chi connectivity index (χ1n) is 4.47. The minimum Gasteiger partial charge on any atom is -0.398 e. The van der Waals surface area contributed by atoms with Gasteiger partial charge >= 0.3 is 0 Å². The van der Waals surface area contributed by atoms with E-state index in [1.807, 2.05) is 6.92 Å². The second-order valence-electron chi connectivity index (χ2n) is 3.16. The summed E-state index contributed by atoms with van der Waals surface area (Å²) in [5.74, 6) is -0.326. The second-order valence-corrected chi connectivity index (χ2v) is 4.41. The highest BCUT2D eigenvalue weighted by Crippen LogP contribution is 2.23. The Morgan fingerprint density at radius 3 is 2.60 bits per heavy atom. The molecule has 0 atom stereocenters. The predicted molar refractivity (Wildman–Crippen MR) is 58.9 cm³/mol. The van der Waals surface area contributed by atoms with E-state index in [9.17, 15) is 4.79 Å². The van der Waals surface area contributed by atoms with E-state index in [0.717, 1.165) is 4.88 Å². The molecule has 1 heterocycles. The molecule has 1 aromatic rings. The van der Waals surface area contributed by atoms with Gasteiger partial charge in [0.05, 0.1) is 24.1 Å². The topological polar surface area (TPSA) is 95.6 Å². The van der Waals surface area contributed by atoms with Crippen molar-refractivity contribution in [3.8, 4) is 0 Å². The number of amides is 1. The lowest BCUT2D eigenvalue weighted by Crippen LogP contribution is -2.39. The lowest BCUT2D eigenvalue weighted by atomic mass is 10.3. The third kappa shape index (κ3) is 2.92. The summed E-state index contributed by atoms with van der Waals surface area (Å²) >= 11 is 1.29. The molecule has 1 rings (SSSR count). The molecule has 0 bridgehead atoms. The molecule has 0 radical (unpaired) electrons. The Hall–Kier alpha value is -1.11. The van der Waals surface area contributed by atoms with Gasteiger partial charge in [0.25, 0.3) is 5.91 Å². The molecule has 0 aliphatic rings. The molecule has 0 aliphatic carbocycles. The Morgan fingerprint density at radius 2 is 2.20 bits per heavy atom. The van der Waals surface area contributed by atoms with Crippen LogP contribution in [-0.2, 0) is 0 Å². The Balaban J connectivity index is 2.68. The number of thiophene rings is 1. The third-order valence-electron chi connectivity index (χ3n) is 1.96. The van der Waals surface area contributed by atoms with Crippen molar-refractivity contribution in [3.05, 3.63) is 15.8 Å². The molecule has 84 valence electrons. The van der Waals surface area contributed by atoms with Gasteiger partial charge in [-0.3, -0.25) is 4.79 Å². The van der Waals surface area contributed by atoms with Crippen LogP contribution in [0, 0.1) is 6.92 Å². The molecule has 1 amide bonds. The fourth-order valence-corrected chi connectivity index (χ4v) is 1.86. The van der Waals surface area contributed by atoms with Crippen LogP contribution in [0.1, 0.15) is 14.5 Å². The third-order valence-corrected chi connectivity index (χ3v) is 3.02. The molecule has 5 nitrogen and oxygen atoms in total. The normalized spacial score (nSPS) is 10.7. The zero-order valence-corrected chi connectivity index (χ0v) is 9.17. The van der Waals surface area contributed by atoms with Gasteiger partial charge in [-0.05, 0) is 13.0 Å². The summed E-state index contributed by atoms with van der Waals surface area (Å²) in [5.41, 5.74) is 6.18. The number of nitrogens with one attached hydrogen (secondary N) is 1. The molecule has 0 saturated heterocycles. The molecule has 15 heavy (non-hydrogen) atoms. The summed E-state index contributed by atoms with van der Waals surface area (Å²) < 4.78 is 0. The van der Waals surface area contributed by atoms with Gasteiger partial charge in [0, 0.05) is 10.6 Å². The minimum atomic E-state index is -0.624. The summed E-state index contributed by atoms with van der Waals surface area (Å²) in [4.78, 5) is 12.9. The van der Waals surface area contributed by atoms with E-state index >= 15 is 0 Å². The maximum Gasteiger partial charge on any atom is 0.261 e. The molecule has 0 spiro atoms. The van der Waals surface area contributed by atoms with Crippen molar-refractivity contribution < 1.29 is 15.0 Å². The van der Waals surface area contributed by atoms with E-state index in [4.69, 9.17) is 15.9 Å². The van der Waals surface area contributed by atoms with Crippen LogP contribution in [0.3, 0.4) is 0 Å². The number of rotatable bonds is 4. The maximum absolute atomic E-state index is 11.6. The molecule has 0 saturated carbocycles. The number of anilines is 1. The van der Waals surface area contributed by atoms with Gasteiger partial charge in [0.2, 0.25) is 0 Å². The molecular weight excluding hydrogens is 216 g/mol. The average Bonchev–Trinajstić information content (AvgIpc) is 2.55. The predicted octanol–water partition coefficient (Wildman–Crippen LogP) is -0.278. The molecule has 1 aromatic heterocycles. The zero-order valence-electron chi connectivity index (χ0n) is 8.36.